The first-order valence-corrected chi connectivity index (χ1v) is 9.59. The van der Waals surface area contributed by atoms with E-state index in [0.717, 1.165) is 32.1 Å². The van der Waals surface area contributed by atoms with Crippen molar-refractivity contribution in [3.05, 3.63) is 0 Å². The van der Waals surface area contributed by atoms with Crippen LogP contribution in [0.5, 0.6) is 0 Å². The molecule has 1 aliphatic heterocycles. The molecule has 1 saturated heterocycles. The molecular weight excluding hydrogens is 282 g/mol. The Bertz CT molecular complexity index is 429. The maximum absolute atomic E-state index is 13.0. The van der Waals surface area contributed by atoms with Gasteiger partial charge in [-0.1, -0.05) is 27.2 Å². The summed E-state index contributed by atoms with van der Waals surface area (Å²) < 4.78 is 18.6. The summed E-state index contributed by atoms with van der Waals surface area (Å²) in [5.74, 6) is 0.543. The van der Waals surface area contributed by atoms with Crippen molar-refractivity contribution >= 4 is 10.8 Å². The number of hydrogen-bond acceptors (Lipinski definition) is 3. The van der Waals surface area contributed by atoms with Crippen molar-refractivity contribution in [2.45, 2.75) is 76.4 Å². The SMILES string of the molecule is CCC(C)(C)C1CCC(C#N)C(S(=O)C2CCOC2C)C1. The lowest BCUT2D eigenvalue weighted by Crippen LogP contribution is -2.42. The zero-order valence-corrected chi connectivity index (χ0v) is 14.6. The van der Waals surface area contributed by atoms with Crippen molar-refractivity contribution in [1.82, 2.24) is 0 Å². The number of hydrogen-bond donors (Lipinski definition) is 0. The van der Waals surface area contributed by atoms with Crippen LogP contribution in [0.2, 0.25) is 0 Å². The predicted octanol–water partition coefficient (Wildman–Crippen LogP) is 3.66. The lowest BCUT2D eigenvalue weighted by molar-refractivity contribution is 0.125. The molecule has 2 fully saturated rings. The molecule has 2 aliphatic rings. The standard InChI is InChI=1S/C17H29NO2S/c1-5-17(3,4)14-7-6-13(11-18)16(10-14)21(19)15-8-9-20-12(15)2/h12-16H,5-10H2,1-4H3. The van der Waals surface area contributed by atoms with E-state index in [2.05, 4.69) is 26.8 Å². The van der Waals surface area contributed by atoms with Crippen LogP contribution in [0, 0.1) is 28.6 Å². The van der Waals surface area contributed by atoms with Crippen molar-refractivity contribution in [3.8, 4) is 6.07 Å². The quantitative estimate of drug-likeness (QED) is 0.796. The summed E-state index contributed by atoms with van der Waals surface area (Å²) in [6.45, 7) is 9.59. The fraction of sp³-hybridized carbons (Fsp3) is 0.941. The Hall–Kier alpha value is -0.400. The van der Waals surface area contributed by atoms with Crippen LogP contribution >= 0.6 is 0 Å². The molecule has 120 valence electrons. The minimum Gasteiger partial charge on any atom is -0.377 e. The summed E-state index contributed by atoms with van der Waals surface area (Å²) in [5, 5.41) is 9.61. The van der Waals surface area contributed by atoms with Crippen LogP contribution in [0.1, 0.15) is 59.8 Å². The second-order valence-electron chi connectivity index (χ2n) is 7.36. The van der Waals surface area contributed by atoms with E-state index in [-0.39, 0.29) is 27.9 Å². The monoisotopic (exact) mass is 311 g/mol. The highest BCUT2D eigenvalue weighted by Gasteiger charge is 2.43. The van der Waals surface area contributed by atoms with Crippen LogP contribution in [0.15, 0.2) is 0 Å². The maximum Gasteiger partial charge on any atom is 0.0691 e. The van der Waals surface area contributed by atoms with Crippen molar-refractivity contribution in [2.24, 2.45) is 17.3 Å². The van der Waals surface area contributed by atoms with Crippen LogP contribution in [0.4, 0.5) is 0 Å². The fourth-order valence-corrected chi connectivity index (χ4v) is 5.95. The zero-order chi connectivity index (χ0) is 15.6. The van der Waals surface area contributed by atoms with Crippen molar-refractivity contribution in [2.75, 3.05) is 6.61 Å². The lowest BCUT2D eigenvalue weighted by Gasteiger charge is -2.41. The topological polar surface area (TPSA) is 50.1 Å². The van der Waals surface area contributed by atoms with Crippen molar-refractivity contribution in [1.29, 1.82) is 5.26 Å². The third-order valence-electron chi connectivity index (χ3n) is 5.88. The molecule has 0 radical (unpaired) electrons. The van der Waals surface area contributed by atoms with Gasteiger partial charge in [-0.05, 0) is 43.9 Å². The molecule has 0 amide bonds. The van der Waals surface area contributed by atoms with E-state index in [1.165, 1.54) is 0 Å². The van der Waals surface area contributed by atoms with E-state index in [1.807, 2.05) is 6.92 Å². The molecule has 0 spiro atoms. The van der Waals surface area contributed by atoms with E-state index in [9.17, 15) is 9.47 Å². The minimum atomic E-state index is -0.947. The Kier molecular flexibility index (Phi) is 5.48. The second kappa shape index (κ2) is 6.79. The van der Waals surface area contributed by atoms with Gasteiger partial charge in [-0.15, -0.1) is 0 Å². The molecule has 21 heavy (non-hydrogen) atoms. The minimum absolute atomic E-state index is 0.0359. The molecule has 1 saturated carbocycles. The van der Waals surface area contributed by atoms with Crippen LogP contribution < -0.4 is 0 Å². The van der Waals surface area contributed by atoms with Gasteiger partial charge in [0.15, 0.2) is 0 Å². The van der Waals surface area contributed by atoms with E-state index >= 15 is 0 Å². The molecule has 1 heterocycles. The molecule has 0 N–H and O–H groups in total. The molecule has 6 atom stereocenters. The summed E-state index contributed by atoms with van der Waals surface area (Å²) in [7, 11) is -0.947. The highest BCUT2D eigenvalue weighted by molar-refractivity contribution is 7.86. The van der Waals surface area contributed by atoms with Crippen molar-refractivity contribution in [3.63, 3.8) is 0 Å². The Morgan fingerprint density at radius 3 is 2.52 bits per heavy atom. The molecule has 1 aliphatic carbocycles. The van der Waals surface area contributed by atoms with Gasteiger partial charge in [0.25, 0.3) is 0 Å². The normalized spacial score (nSPS) is 38.9. The maximum atomic E-state index is 13.0. The Labute approximate surface area is 131 Å². The highest BCUT2D eigenvalue weighted by Crippen LogP contribution is 2.44. The van der Waals surface area contributed by atoms with E-state index in [0.29, 0.717) is 12.5 Å². The van der Waals surface area contributed by atoms with Gasteiger partial charge in [-0.3, -0.25) is 4.21 Å². The second-order valence-corrected chi connectivity index (χ2v) is 9.23. The van der Waals surface area contributed by atoms with E-state index in [1.54, 1.807) is 0 Å². The molecular formula is C17H29NO2S. The number of nitrogens with zero attached hydrogens (tertiary/aromatic N) is 1. The summed E-state index contributed by atoms with van der Waals surface area (Å²) in [4.78, 5) is 0. The fourth-order valence-electron chi connectivity index (χ4n) is 3.77. The Morgan fingerprint density at radius 2 is 2.00 bits per heavy atom. The molecule has 2 rings (SSSR count). The molecule has 0 aromatic carbocycles. The first-order valence-electron chi connectivity index (χ1n) is 8.31. The number of ether oxygens (including phenoxy) is 1. The summed E-state index contributed by atoms with van der Waals surface area (Å²) in [6, 6.07) is 2.43. The largest absolute Gasteiger partial charge is 0.377 e. The third kappa shape index (κ3) is 3.51. The van der Waals surface area contributed by atoms with Crippen molar-refractivity contribution < 1.29 is 8.95 Å². The lowest BCUT2D eigenvalue weighted by atomic mass is 9.67. The van der Waals surface area contributed by atoms with Crippen LogP contribution in [-0.2, 0) is 15.5 Å². The van der Waals surface area contributed by atoms with Gasteiger partial charge in [0.2, 0.25) is 0 Å². The van der Waals surface area contributed by atoms with Gasteiger partial charge in [0.1, 0.15) is 0 Å². The number of nitriles is 1. The van der Waals surface area contributed by atoms with Gasteiger partial charge in [-0.2, -0.15) is 5.26 Å². The van der Waals surface area contributed by atoms with Gasteiger partial charge in [0.05, 0.1) is 28.6 Å². The molecule has 0 aromatic rings. The average molecular weight is 311 g/mol. The van der Waals surface area contributed by atoms with Gasteiger partial charge >= 0.3 is 0 Å². The zero-order valence-electron chi connectivity index (χ0n) is 13.8. The molecule has 0 aromatic heterocycles. The van der Waals surface area contributed by atoms with E-state index in [4.69, 9.17) is 4.74 Å². The third-order valence-corrected chi connectivity index (χ3v) is 8.21. The summed E-state index contributed by atoms with van der Waals surface area (Å²) in [6.07, 6.45) is 5.03. The number of rotatable bonds is 4. The molecule has 6 unspecified atom stereocenters. The van der Waals surface area contributed by atoms with Gasteiger partial charge in [-0.25, -0.2) is 0 Å². The van der Waals surface area contributed by atoms with Gasteiger partial charge in [0, 0.05) is 17.4 Å². The molecule has 4 heteroatoms. The Morgan fingerprint density at radius 1 is 1.29 bits per heavy atom. The van der Waals surface area contributed by atoms with Gasteiger partial charge < -0.3 is 4.74 Å². The first kappa shape index (κ1) is 17.0. The van der Waals surface area contributed by atoms with Crippen LogP contribution in [0.25, 0.3) is 0 Å². The molecule has 3 nitrogen and oxygen atoms in total. The van der Waals surface area contributed by atoms with Crippen LogP contribution in [-0.4, -0.2) is 27.4 Å². The highest BCUT2D eigenvalue weighted by atomic mass is 32.2. The average Bonchev–Trinajstić information content (AvgIpc) is 2.91. The Balaban J connectivity index is 2.14. The molecule has 0 bridgehead atoms. The van der Waals surface area contributed by atoms with Crippen LogP contribution in [0.3, 0.4) is 0 Å². The smallest absolute Gasteiger partial charge is 0.0691 e. The summed E-state index contributed by atoms with van der Waals surface area (Å²) in [5.41, 5.74) is 0.278. The van der Waals surface area contributed by atoms with E-state index < -0.39 is 10.8 Å². The first-order chi connectivity index (χ1) is 9.90. The predicted molar refractivity (Wildman–Crippen MR) is 86.3 cm³/mol. The summed E-state index contributed by atoms with van der Waals surface area (Å²) >= 11 is 0.